The first-order valence-electron chi connectivity index (χ1n) is 9.19. The van der Waals surface area contributed by atoms with Crippen LogP contribution in [0.25, 0.3) is 5.65 Å². The number of fused-ring (bicyclic) bond motifs is 1. The molecule has 0 radical (unpaired) electrons. The summed E-state index contributed by atoms with van der Waals surface area (Å²) in [5.74, 6) is 0.724. The maximum absolute atomic E-state index is 14.1. The number of carbonyl (C=O) groups is 1. The topological polar surface area (TPSA) is 77.8 Å². The highest BCUT2D eigenvalue weighted by molar-refractivity contribution is 5.82. The molecule has 2 aromatic rings. The van der Waals surface area contributed by atoms with E-state index in [0.29, 0.717) is 5.92 Å². The molecule has 2 N–H and O–H groups in total. The number of imidazole rings is 1. The second kappa shape index (κ2) is 6.17. The van der Waals surface area contributed by atoms with Crippen molar-refractivity contribution in [2.45, 2.75) is 31.3 Å². The maximum atomic E-state index is 14.1. The Balaban J connectivity index is 1.24. The number of halogens is 1. The molecule has 3 fully saturated rings. The van der Waals surface area contributed by atoms with Gasteiger partial charge < -0.3 is 10.2 Å². The summed E-state index contributed by atoms with van der Waals surface area (Å²) in [4.78, 5) is 20.6. The molecular formula is C17H22FN7O. The molecule has 2 saturated heterocycles. The first-order chi connectivity index (χ1) is 12.7. The third-order valence-corrected chi connectivity index (χ3v) is 5.57. The molecule has 8 nitrogen and oxygen atoms in total. The van der Waals surface area contributed by atoms with Gasteiger partial charge in [-0.15, -0.1) is 5.10 Å². The van der Waals surface area contributed by atoms with Crippen molar-refractivity contribution in [3.63, 3.8) is 0 Å². The lowest BCUT2D eigenvalue weighted by Crippen LogP contribution is -2.70. The number of alkyl halides is 1. The van der Waals surface area contributed by atoms with E-state index in [1.807, 2.05) is 18.3 Å². The van der Waals surface area contributed by atoms with E-state index < -0.39 is 12.1 Å². The second-order valence-corrected chi connectivity index (χ2v) is 7.29. The van der Waals surface area contributed by atoms with Gasteiger partial charge in [-0.25, -0.2) is 13.9 Å². The monoisotopic (exact) mass is 359 g/mol. The Hall–Kier alpha value is -2.26. The van der Waals surface area contributed by atoms with Crippen LogP contribution in [-0.4, -0.2) is 70.1 Å². The molecule has 1 amide bonds. The van der Waals surface area contributed by atoms with Crippen LogP contribution in [0.5, 0.6) is 0 Å². The minimum Gasteiger partial charge on any atom is -0.353 e. The molecule has 4 heterocycles. The largest absolute Gasteiger partial charge is 0.353 e. The Bertz CT molecular complexity index is 814. The zero-order valence-corrected chi connectivity index (χ0v) is 14.4. The van der Waals surface area contributed by atoms with Gasteiger partial charge in [0.2, 0.25) is 0 Å². The molecule has 1 saturated carbocycles. The Labute approximate surface area is 150 Å². The fraction of sp³-hybridized carbons (Fsp3) is 0.588. The summed E-state index contributed by atoms with van der Waals surface area (Å²) in [6, 6.07) is 3.59. The van der Waals surface area contributed by atoms with Crippen molar-refractivity contribution in [3.05, 3.63) is 24.5 Å². The van der Waals surface area contributed by atoms with E-state index in [0.717, 1.165) is 50.5 Å². The van der Waals surface area contributed by atoms with E-state index in [2.05, 4.69) is 30.5 Å². The fourth-order valence-electron chi connectivity index (χ4n) is 3.90. The van der Waals surface area contributed by atoms with E-state index in [1.165, 1.54) is 0 Å². The SMILES string of the molecule is O=C1NC(N2CCN(c3ccc4nccn4n3)CC2)NC(C2CC2)C1F. The lowest BCUT2D eigenvalue weighted by molar-refractivity contribution is -0.134. The van der Waals surface area contributed by atoms with Crippen molar-refractivity contribution in [3.8, 4) is 0 Å². The number of amides is 1. The van der Waals surface area contributed by atoms with Crippen molar-refractivity contribution >= 4 is 17.4 Å². The van der Waals surface area contributed by atoms with Crippen LogP contribution in [0.2, 0.25) is 0 Å². The molecule has 9 heteroatoms. The predicted octanol–water partition coefficient (Wildman–Crippen LogP) is -0.0290. The molecule has 1 aliphatic carbocycles. The minimum absolute atomic E-state index is 0.286. The number of piperazine rings is 1. The minimum atomic E-state index is -1.44. The standard InChI is InChI=1S/C17H22FN7O/c18-14-15(11-1-2-11)20-17(21-16(14)26)24-9-7-23(8-10-24)13-4-3-12-19-5-6-25(12)22-13/h3-6,11,14-15,17,20H,1-2,7-10H2,(H,21,26). The van der Waals surface area contributed by atoms with Crippen LogP contribution >= 0.6 is 0 Å². The van der Waals surface area contributed by atoms with E-state index in [4.69, 9.17) is 0 Å². The number of rotatable bonds is 3. The molecule has 2 aromatic heterocycles. The van der Waals surface area contributed by atoms with Crippen LogP contribution < -0.4 is 15.5 Å². The molecule has 2 aliphatic heterocycles. The van der Waals surface area contributed by atoms with Crippen LogP contribution in [0.3, 0.4) is 0 Å². The van der Waals surface area contributed by atoms with Gasteiger partial charge in [-0.05, 0) is 30.9 Å². The highest BCUT2D eigenvalue weighted by Crippen LogP contribution is 2.36. The number of nitrogens with one attached hydrogen (secondary N) is 2. The van der Waals surface area contributed by atoms with Crippen molar-refractivity contribution < 1.29 is 9.18 Å². The zero-order valence-electron chi connectivity index (χ0n) is 14.4. The predicted molar refractivity (Wildman–Crippen MR) is 93.2 cm³/mol. The lowest BCUT2D eigenvalue weighted by atomic mass is 10.0. The number of nitrogens with zero attached hydrogens (tertiary/aromatic N) is 5. The smallest absolute Gasteiger partial charge is 0.258 e. The van der Waals surface area contributed by atoms with Gasteiger partial charge in [0.15, 0.2) is 11.8 Å². The van der Waals surface area contributed by atoms with Crippen LogP contribution in [-0.2, 0) is 4.79 Å². The molecule has 3 aliphatic rings. The second-order valence-electron chi connectivity index (χ2n) is 7.29. The first kappa shape index (κ1) is 16.0. The molecule has 26 heavy (non-hydrogen) atoms. The van der Waals surface area contributed by atoms with Crippen molar-refractivity contribution in [2.75, 3.05) is 31.1 Å². The maximum Gasteiger partial charge on any atom is 0.258 e. The van der Waals surface area contributed by atoms with Crippen LogP contribution in [0.1, 0.15) is 12.8 Å². The number of carbonyl (C=O) groups excluding carboxylic acids is 1. The van der Waals surface area contributed by atoms with Gasteiger partial charge in [-0.3, -0.25) is 15.0 Å². The lowest BCUT2D eigenvalue weighted by Gasteiger charge is -2.44. The van der Waals surface area contributed by atoms with Gasteiger partial charge in [0.05, 0.1) is 6.04 Å². The highest BCUT2D eigenvalue weighted by atomic mass is 19.1. The molecule has 0 spiro atoms. The number of hydrogen-bond acceptors (Lipinski definition) is 6. The molecule has 5 rings (SSSR count). The first-order valence-corrected chi connectivity index (χ1v) is 9.19. The Kier molecular flexibility index (Phi) is 3.79. The van der Waals surface area contributed by atoms with Crippen LogP contribution in [0.15, 0.2) is 24.5 Å². The van der Waals surface area contributed by atoms with E-state index in [9.17, 15) is 9.18 Å². The zero-order chi connectivity index (χ0) is 17.7. The quantitative estimate of drug-likeness (QED) is 0.802. The highest BCUT2D eigenvalue weighted by Gasteiger charge is 2.46. The average Bonchev–Trinajstić information content (AvgIpc) is 3.40. The summed E-state index contributed by atoms with van der Waals surface area (Å²) >= 11 is 0. The van der Waals surface area contributed by atoms with Gasteiger partial charge in [0, 0.05) is 38.6 Å². The van der Waals surface area contributed by atoms with Crippen molar-refractivity contribution in [2.24, 2.45) is 5.92 Å². The Morgan fingerprint density at radius 2 is 1.96 bits per heavy atom. The summed E-state index contributed by atoms with van der Waals surface area (Å²) in [5.41, 5.74) is 0.827. The van der Waals surface area contributed by atoms with E-state index in [1.54, 1.807) is 10.7 Å². The molecule has 3 atom stereocenters. The molecular weight excluding hydrogens is 337 g/mol. The summed E-state index contributed by atoms with van der Waals surface area (Å²) in [6.45, 7) is 3.15. The van der Waals surface area contributed by atoms with Gasteiger partial charge >= 0.3 is 0 Å². The van der Waals surface area contributed by atoms with Crippen LogP contribution in [0.4, 0.5) is 10.2 Å². The fourth-order valence-corrected chi connectivity index (χ4v) is 3.90. The summed E-state index contributed by atoms with van der Waals surface area (Å²) < 4.78 is 15.9. The summed E-state index contributed by atoms with van der Waals surface area (Å²) in [6.07, 6.45) is 3.86. The summed E-state index contributed by atoms with van der Waals surface area (Å²) in [5, 5.41) is 10.7. The van der Waals surface area contributed by atoms with Gasteiger partial charge in [-0.1, -0.05) is 0 Å². The molecule has 3 unspecified atom stereocenters. The van der Waals surface area contributed by atoms with Crippen LogP contribution in [0, 0.1) is 5.92 Å². The van der Waals surface area contributed by atoms with E-state index in [-0.39, 0.29) is 12.3 Å². The summed E-state index contributed by atoms with van der Waals surface area (Å²) in [7, 11) is 0. The third kappa shape index (κ3) is 2.80. The third-order valence-electron chi connectivity index (χ3n) is 5.57. The normalized spacial score (nSPS) is 30.6. The molecule has 0 aromatic carbocycles. The van der Waals surface area contributed by atoms with E-state index >= 15 is 0 Å². The average molecular weight is 359 g/mol. The number of aromatic nitrogens is 3. The van der Waals surface area contributed by atoms with Gasteiger partial charge in [0.1, 0.15) is 12.1 Å². The molecule has 0 bridgehead atoms. The number of hydrogen-bond donors (Lipinski definition) is 2. The number of anilines is 1. The van der Waals surface area contributed by atoms with Gasteiger partial charge in [-0.2, -0.15) is 0 Å². The van der Waals surface area contributed by atoms with Gasteiger partial charge in [0.25, 0.3) is 5.91 Å². The molecule has 138 valence electrons. The van der Waals surface area contributed by atoms with Crippen molar-refractivity contribution in [1.29, 1.82) is 0 Å². The van der Waals surface area contributed by atoms with Crippen molar-refractivity contribution in [1.82, 2.24) is 30.1 Å². The Morgan fingerprint density at radius 1 is 1.15 bits per heavy atom. The Morgan fingerprint density at radius 3 is 2.73 bits per heavy atom.